The normalized spacial score (nSPS) is 13.2. The minimum Gasteiger partial charge on any atom is -0.582 e. The molecule has 0 fully saturated rings. The average molecular weight is 333 g/mol. The third kappa shape index (κ3) is 4.11. The lowest BCUT2D eigenvalue weighted by Gasteiger charge is -2.25. The van der Waals surface area contributed by atoms with Crippen molar-refractivity contribution < 1.29 is 24.1 Å². The molecule has 0 aliphatic carbocycles. The van der Waals surface area contributed by atoms with E-state index in [0.717, 1.165) is 11.3 Å². The Morgan fingerprint density at radius 2 is 1.88 bits per heavy atom. The summed E-state index contributed by atoms with van der Waals surface area (Å²) in [5, 5.41) is 9.78. The number of phenolic OH excluding ortho intramolecular Hbond substituents is 1. The van der Waals surface area contributed by atoms with Crippen molar-refractivity contribution in [3.63, 3.8) is 0 Å². The summed E-state index contributed by atoms with van der Waals surface area (Å²) in [6, 6.07) is 12.8. The zero-order chi connectivity index (χ0) is 17.5. The van der Waals surface area contributed by atoms with Crippen LogP contribution in [0.4, 0.5) is 0 Å². The first-order valence-corrected chi connectivity index (χ1v) is 7.94. The molecule has 0 saturated carbocycles. The average Bonchev–Trinajstić information content (AvgIpc) is 2.60. The lowest BCUT2D eigenvalue weighted by Crippen LogP contribution is -2.24. The molecule has 0 bridgehead atoms. The summed E-state index contributed by atoms with van der Waals surface area (Å²) in [6.45, 7) is 4.43. The van der Waals surface area contributed by atoms with Crippen LogP contribution < -0.4 is 9.47 Å². The lowest BCUT2D eigenvalue weighted by molar-refractivity contribution is -0.0176. The van der Waals surface area contributed by atoms with E-state index in [-0.39, 0.29) is 18.0 Å². The molecule has 2 rings (SSSR count). The Labute approximate surface area is 142 Å². The van der Waals surface area contributed by atoms with Crippen molar-refractivity contribution in [2.24, 2.45) is 0 Å². The minimum absolute atomic E-state index is 0.0974. The summed E-state index contributed by atoms with van der Waals surface area (Å²) in [6.07, 6.45) is -0.545. The number of benzene rings is 2. The maximum absolute atomic E-state index is 9.78. The van der Waals surface area contributed by atoms with Crippen LogP contribution in [0.1, 0.15) is 25.5 Å². The molecule has 2 N–H and O–H groups in total. The molecule has 0 saturated heterocycles. The summed E-state index contributed by atoms with van der Waals surface area (Å²) in [7, 11) is 3.26. The van der Waals surface area contributed by atoms with Gasteiger partial charge in [-0.1, -0.05) is 18.2 Å². The largest absolute Gasteiger partial charge is 0.582 e. The molecule has 0 heterocycles. The maximum atomic E-state index is 9.78. The van der Waals surface area contributed by atoms with Crippen LogP contribution >= 0.6 is 0 Å². The second-order valence-corrected chi connectivity index (χ2v) is 5.32. The summed E-state index contributed by atoms with van der Waals surface area (Å²) in [4.78, 5) is 0. The fourth-order valence-corrected chi connectivity index (χ4v) is 2.56. The molecule has 2 aromatic carbocycles. The molecule has 1 unspecified atom stereocenters. The molecular weight excluding hydrogens is 308 g/mol. The number of phenols is 1. The molecular formula is C19H25O5+. The van der Waals surface area contributed by atoms with Crippen molar-refractivity contribution in [2.75, 3.05) is 20.8 Å². The maximum Gasteiger partial charge on any atom is 0.297 e. The fourth-order valence-electron chi connectivity index (χ4n) is 2.56. The molecule has 0 aliphatic heterocycles. The minimum atomic E-state index is -0.297. The molecule has 5 heteroatoms. The third-order valence-electron chi connectivity index (χ3n) is 3.72. The van der Waals surface area contributed by atoms with Gasteiger partial charge in [-0.3, -0.25) is 0 Å². The van der Waals surface area contributed by atoms with Gasteiger partial charge in [0.2, 0.25) is 5.75 Å². The van der Waals surface area contributed by atoms with Crippen LogP contribution in [-0.4, -0.2) is 36.8 Å². The predicted molar refractivity (Wildman–Crippen MR) is 93.1 cm³/mol. The van der Waals surface area contributed by atoms with Gasteiger partial charge in [0.05, 0.1) is 7.11 Å². The second-order valence-electron chi connectivity index (χ2n) is 5.32. The van der Waals surface area contributed by atoms with Crippen LogP contribution in [-0.2, 0) is 4.74 Å². The zero-order valence-electron chi connectivity index (χ0n) is 14.5. The molecule has 0 amide bonds. The van der Waals surface area contributed by atoms with Crippen LogP contribution in [0.2, 0.25) is 0 Å². The first-order chi connectivity index (χ1) is 11.6. The molecule has 5 nitrogen and oxygen atoms in total. The van der Waals surface area contributed by atoms with Gasteiger partial charge in [-0.2, -0.15) is 0 Å². The van der Waals surface area contributed by atoms with Crippen molar-refractivity contribution >= 4 is 0 Å². The highest BCUT2D eigenvalue weighted by Gasteiger charge is 2.24. The van der Waals surface area contributed by atoms with Crippen molar-refractivity contribution in [3.8, 4) is 23.0 Å². The monoisotopic (exact) mass is 333 g/mol. The van der Waals surface area contributed by atoms with Crippen molar-refractivity contribution in [3.05, 3.63) is 48.0 Å². The number of hydrogen-bond acceptors (Lipinski definition) is 4. The van der Waals surface area contributed by atoms with Gasteiger partial charge < -0.3 is 24.1 Å². The van der Waals surface area contributed by atoms with Crippen LogP contribution in [0.5, 0.6) is 23.0 Å². The Morgan fingerprint density at radius 3 is 2.54 bits per heavy atom. The van der Waals surface area contributed by atoms with E-state index in [9.17, 15) is 5.11 Å². The number of ether oxygens (including phenoxy) is 4. The van der Waals surface area contributed by atoms with Gasteiger partial charge in [-0.25, -0.2) is 0 Å². The number of hydrogen-bond donors (Lipinski definition) is 1. The molecule has 2 aromatic rings. The number of aromatic hydroxyl groups is 2. The summed E-state index contributed by atoms with van der Waals surface area (Å²) >= 11 is 0. The van der Waals surface area contributed by atoms with Gasteiger partial charge >= 0.3 is 0 Å². The number of methoxy groups -OCH3 is 1. The van der Waals surface area contributed by atoms with Crippen LogP contribution in [0.3, 0.4) is 0 Å². The van der Waals surface area contributed by atoms with E-state index in [2.05, 4.69) is 4.74 Å². The van der Waals surface area contributed by atoms with Crippen LogP contribution in [0, 0.1) is 0 Å². The third-order valence-corrected chi connectivity index (χ3v) is 3.72. The highest BCUT2D eigenvalue weighted by atomic mass is 16.6. The molecule has 24 heavy (non-hydrogen) atoms. The number of para-hydroxylation sites is 2. The first kappa shape index (κ1) is 17.9. The quantitative estimate of drug-likeness (QED) is 0.746. The Hall–Kier alpha value is -2.40. The summed E-state index contributed by atoms with van der Waals surface area (Å²) in [5.74, 6) is 2.01. The van der Waals surface area contributed by atoms with Crippen molar-refractivity contribution in [1.82, 2.24) is 0 Å². The molecule has 0 aliphatic rings. The second kappa shape index (κ2) is 8.45. The molecule has 0 aromatic heterocycles. The standard InChI is InChI=1S/C19H24O5/c1-5-23-19(14-10-11-15(20)18(12-14)22-4)13(2)24-17-9-7-6-8-16(17)21-3/h6-13,19-20H,5H2,1-4H3/p+1/t13-,19?/m0/s1. The van der Waals surface area contributed by atoms with E-state index in [4.69, 9.17) is 14.2 Å². The SMILES string of the molecule is CCOC(c1ccc(O)c(OC)c1)[C@H](C)Oc1ccccc1[OH+]C. The Kier molecular flexibility index (Phi) is 6.32. The zero-order valence-corrected chi connectivity index (χ0v) is 14.5. The van der Waals surface area contributed by atoms with Crippen molar-refractivity contribution in [1.29, 1.82) is 0 Å². The van der Waals surface area contributed by atoms with E-state index < -0.39 is 0 Å². The highest BCUT2D eigenvalue weighted by Crippen LogP contribution is 2.34. The topological polar surface area (TPSA) is 60.7 Å². The smallest absolute Gasteiger partial charge is 0.297 e. The predicted octanol–water partition coefficient (Wildman–Crippen LogP) is 3.82. The van der Waals surface area contributed by atoms with E-state index in [1.165, 1.54) is 7.11 Å². The van der Waals surface area contributed by atoms with E-state index in [1.54, 1.807) is 19.2 Å². The Morgan fingerprint density at radius 1 is 1.12 bits per heavy atom. The molecule has 2 atom stereocenters. The van der Waals surface area contributed by atoms with Gasteiger partial charge in [0.25, 0.3) is 5.75 Å². The van der Waals surface area contributed by atoms with Gasteiger partial charge in [-0.05, 0) is 37.6 Å². The van der Waals surface area contributed by atoms with E-state index in [1.807, 2.05) is 44.2 Å². The number of rotatable bonds is 8. The lowest BCUT2D eigenvalue weighted by atomic mass is 10.0. The van der Waals surface area contributed by atoms with Crippen LogP contribution in [0.15, 0.2) is 42.5 Å². The van der Waals surface area contributed by atoms with Crippen molar-refractivity contribution in [2.45, 2.75) is 26.1 Å². The molecule has 130 valence electrons. The Balaban J connectivity index is 2.26. The summed E-state index contributed by atoms with van der Waals surface area (Å²) in [5.41, 5.74) is 0.880. The van der Waals surface area contributed by atoms with E-state index >= 15 is 0 Å². The molecule has 0 radical (unpaired) electrons. The Bertz CT molecular complexity index is 656. The van der Waals surface area contributed by atoms with Gasteiger partial charge in [0.15, 0.2) is 18.6 Å². The fraction of sp³-hybridized carbons (Fsp3) is 0.368. The van der Waals surface area contributed by atoms with Gasteiger partial charge in [0, 0.05) is 12.7 Å². The summed E-state index contributed by atoms with van der Waals surface area (Å²) < 4.78 is 21.4. The first-order valence-electron chi connectivity index (χ1n) is 7.94. The van der Waals surface area contributed by atoms with Gasteiger partial charge in [-0.15, -0.1) is 0 Å². The van der Waals surface area contributed by atoms with Gasteiger partial charge in [0.1, 0.15) is 12.2 Å². The highest BCUT2D eigenvalue weighted by molar-refractivity contribution is 5.43. The molecule has 0 spiro atoms. The van der Waals surface area contributed by atoms with Crippen LogP contribution in [0.25, 0.3) is 0 Å². The number of aliphatic hydroxyl groups is 1. The van der Waals surface area contributed by atoms with E-state index in [0.29, 0.717) is 18.1 Å².